The zero-order valence-electron chi connectivity index (χ0n) is 23.8. The molecule has 0 saturated carbocycles. The van der Waals surface area contributed by atoms with E-state index in [0.717, 1.165) is 50.1 Å². The fourth-order valence-corrected chi connectivity index (χ4v) is 6.35. The number of hydrogen-bond donors (Lipinski definition) is 1. The van der Waals surface area contributed by atoms with Crippen molar-refractivity contribution in [2.24, 2.45) is 5.41 Å². The molecular weight excluding hydrogens is 529 g/mol. The molecule has 0 bridgehead atoms. The molecule has 214 valence electrons. The zero-order valence-corrected chi connectivity index (χ0v) is 23.8. The number of aromatic carboxylic acids is 1. The minimum absolute atomic E-state index is 0.186. The predicted molar refractivity (Wildman–Crippen MR) is 154 cm³/mol. The molecule has 3 aliphatic heterocycles. The summed E-state index contributed by atoms with van der Waals surface area (Å²) in [6.07, 6.45) is 2.50. The Morgan fingerprint density at radius 1 is 1.00 bits per heavy atom. The maximum atomic E-state index is 16.9. The van der Waals surface area contributed by atoms with Crippen molar-refractivity contribution in [3.8, 4) is 22.5 Å². The second kappa shape index (κ2) is 9.93. The lowest BCUT2D eigenvalue weighted by Crippen LogP contribution is -2.40. The molecule has 8 heteroatoms. The molecule has 0 aromatic heterocycles. The highest BCUT2D eigenvalue weighted by Gasteiger charge is 2.38. The van der Waals surface area contributed by atoms with Gasteiger partial charge in [0.05, 0.1) is 12.5 Å². The molecule has 1 atom stereocenters. The highest BCUT2D eigenvalue weighted by Crippen LogP contribution is 2.48. The van der Waals surface area contributed by atoms with E-state index in [9.17, 15) is 9.90 Å². The number of carbonyl (C=O) groups is 1. The van der Waals surface area contributed by atoms with Gasteiger partial charge in [0, 0.05) is 58.5 Å². The fraction of sp³-hybridized carbons (Fsp3) is 0.394. The van der Waals surface area contributed by atoms with Gasteiger partial charge in [-0.05, 0) is 42.4 Å². The van der Waals surface area contributed by atoms with Crippen molar-refractivity contribution < 1.29 is 27.5 Å². The first-order valence-corrected chi connectivity index (χ1v) is 14.3. The third kappa shape index (κ3) is 4.39. The Balaban J connectivity index is 1.76. The van der Waals surface area contributed by atoms with Crippen molar-refractivity contribution in [1.82, 2.24) is 4.58 Å². The average molecular weight is 564 g/mol. The Morgan fingerprint density at radius 3 is 2.29 bits per heavy atom. The van der Waals surface area contributed by atoms with Crippen molar-refractivity contribution in [3.05, 3.63) is 70.3 Å². The van der Waals surface area contributed by atoms with E-state index in [4.69, 9.17) is 4.42 Å². The van der Waals surface area contributed by atoms with Gasteiger partial charge in [0.25, 0.3) is 0 Å². The standard InChI is InChI=1S/C33H33F3N2O3/c1-5-22(33(2,3)4)26-29(34)27(28(32(39)40)31(36)30(26)35)25-20-10-8-18(37-12-6-13-37)16-23(20)41-24-17-19(9-11-21(24)25)38-14-7-15-38/h8-11,16-17,22H,5-7,12-15H2,1-4H3/p+1. The van der Waals surface area contributed by atoms with Gasteiger partial charge in [0.1, 0.15) is 35.8 Å². The molecule has 0 spiro atoms. The molecule has 3 heterocycles. The van der Waals surface area contributed by atoms with E-state index in [2.05, 4.69) is 9.48 Å². The molecule has 41 heavy (non-hydrogen) atoms. The van der Waals surface area contributed by atoms with Crippen molar-refractivity contribution in [2.45, 2.75) is 52.9 Å². The van der Waals surface area contributed by atoms with E-state index in [1.54, 1.807) is 19.1 Å². The van der Waals surface area contributed by atoms with Crippen molar-refractivity contribution in [3.63, 3.8) is 0 Å². The molecule has 4 aliphatic rings. The number of carboxylic acids is 1. The molecule has 1 aliphatic carbocycles. The summed E-state index contributed by atoms with van der Waals surface area (Å²) >= 11 is 0. The third-order valence-electron chi connectivity index (χ3n) is 8.75. The molecule has 2 saturated heterocycles. The topological polar surface area (TPSA) is 56.7 Å². The van der Waals surface area contributed by atoms with Gasteiger partial charge in [0.2, 0.25) is 5.36 Å². The Labute approximate surface area is 236 Å². The summed E-state index contributed by atoms with van der Waals surface area (Å²) in [6, 6.07) is 11.0. The van der Waals surface area contributed by atoms with E-state index in [1.807, 2.05) is 45.0 Å². The first kappa shape index (κ1) is 27.4. The monoisotopic (exact) mass is 563 g/mol. The summed E-state index contributed by atoms with van der Waals surface area (Å²) in [5.41, 5.74) is -0.532. The van der Waals surface area contributed by atoms with Gasteiger partial charge in [-0.15, -0.1) is 0 Å². The normalized spacial score (nSPS) is 16.2. The Bertz CT molecular complexity index is 1740. The highest BCUT2D eigenvalue weighted by atomic mass is 19.2. The van der Waals surface area contributed by atoms with Gasteiger partial charge < -0.3 is 14.4 Å². The maximum Gasteiger partial charge on any atom is 0.339 e. The van der Waals surface area contributed by atoms with Crippen LogP contribution in [0.5, 0.6) is 0 Å². The van der Waals surface area contributed by atoms with Crippen LogP contribution in [-0.2, 0) is 0 Å². The Morgan fingerprint density at radius 2 is 1.73 bits per heavy atom. The summed E-state index contributed by atoms with van der Waals surface area (Å²) in [5, 5.41) is 11.5. The number of fused-ring (bicyclic) bond motifs is 2. The molecule has 2 fully saturated rings. The number of benzene rings is 3. The lowest BCUT2D eigenvalue weighted by atomic mass is 9.73. The van der Waals surface area contributed by atoms with Gasteiger partial charge in [-0.1, -0.05) is 27.7 Å². The predicted octanol–water partition coefficient (Wildman–Crippen LogP) is 7.25. The number of nitrogens with zero attached hydrogens (tertiary/aromatic N) is 2. The summed E-state index contributed by atoms with van der Waals surface area (Å²) in [6.45, 7) is 10.9. The van der Waals surface area contributed by atoms with Crippen LogP contribution >= 0.6 is 0 Å². The molecule has 2 aromatic rings. The van der Waals surface area contributed by atoms with Gasteiger partial charge in [-0.2, -0.15) is 0 Å². The molecule has 0 radical (unpaired) electrons. The van der Waals surface area contributed by atoms with Gasteiger partial charge in [0.15, 0.2) is 11.6 Å². The minimum Gasteiger partial charge on any atom is -0.478 e. The molecule has 2 aromatic carbocycles. The second-order valence-corrected chi connectivity index (χ2v) is 12.3. The van der Waals surface area contributed by atoms with Crippen LogP contribution in [0, 0.1) is 22.9 Å². The van der Waals surface area contributed by atoms with Gasteiger partial charge >= 0.3 is 5.97 Å². The van der Waals surface area contributed by atoms with Crippen molar-refractivity contribution in [1.29, 1.82) is 0 Å². The van der Waals surface area contributed by atoms with Crippen LogP contribution in [0.15, 0.2) is 40.8 Å². The third-order valence-corrected chi connectivity index (χ3v) is 8.75. The van der Waals surface area contributed by atoms with E-state index in [1.165, 1.54) is 0 Å². The molecule has 6 rings (SSSR count). The van der Waals surface area contributed by atoms with Crippen LogP contribution in [0.3, 0.4) is 0 Å². The van der Waals surface area contributed by atoms with Gasteiger partial charge in [-0.25, -0.2) is 22.5 Å². The number of anilines is 1. The lowest BCUT2D eigenvalue weighted by molar-refractivity contribution is 0.0690. The smallest absolute Gasteiger partial charge is 0.339 e. The highest BCUT2D eigenvalue weighted by molar-refractivity contribution is 6.08. The van der Waals surface area contributed by atoms with Crippen LogP contribution in [0.1, 0.15) is 68.8 Å². The SMILES string of the molecule is CCC(c1c(F)c(F)c(C(=O)O)c(-c2c3ccc(=[N+]4CCC4)cc-3oc3cc(N4CCC4)ccc23)c1F)C(C)(C)C. The molecule has 0 amide bonds. The van der Waals surface area contributed by atoms with E-state index in [-0.39, 0.29) is 5.56 Å². The Kier molecular flexibility index (Phi) is 6.63. The van der Waals surface area contributed by atoms with E-state index in [0.29, 0.717) is 28.7 Å². The maximum absolute atomic E-state index is 16.9. The number of halogens is 3. The summed E-state index contributed by atoms with van der Waals surface area (Å²) in [7, 11) is 0. The first-order valence-electron chi connectivity index (χ1n) is 14.3. The van der Waals surface area contributed by atoms with Crippen LogP contribution in [0.4, 0.5) is 18.9 Å². The van der Waals surface area contributed by atoms with Crippen molar-refractivity contribution in [2.75, 3.05) is 31.1 Å². The quantitative estimate of drug-likeness (QED) is 0.158. The molecular formula is C33H34F3N2O3+. The van der Waals surface area contributed by atoms with Crippen LogP contribution in [-0.4, -0.2) is 37.3 Å². The second-order valence-electron chi connectivity index (χ2n) is 12.3. The number of hydrogen-bond acceptors (Lipinski definition) is 3. The molecule has 1 unspecified atom stereocenters. The van der Waals surface area contributed by atoms with Crippen molar-refractivity contribution >= 4 is 22.6 Å². The minimum atomic E-state index is -1.73. The molecule has 1 N–H and O–H groups in total. The van der Waals surface area contributed by atoms with E-state index < -0.39 is 51.4 Å². The summed E-state index contributed by atoms with van der Waals surface area (Å²) in [5.74, 6) is -6.05. The fourth-order valence-electron chi connectivity index (χ4n) is 6.35. The van der Waals surface area contributed by atoms with Crippen LogP contribution in [0.25, 0.3) is 33.4 Å². The number of carboxylic acid groups (broad SMARTS) is 1. The first-order chi connectivity index (χ1) is 19.5. The number of rotatable bonds is 5. The van der Waals surface area contributed by atoms with Crippen LogP contribution < -0.4 is 14.8 Å². The lowest BCUT2D eigenvalue weighted by Gasteiger charge is -2.33. The largest absolute Gasteiger partial charge is 0.478 e. The molecule has 5 nitrogen and oxygen atoms in total. The van der Waals surface area contributed by atoms with Gasteiger partial charge in [-0.3, -0.25) is 0 Å². The van der Waals surface area contributed by atoms with Crippen LogP contribution in [0.2, 0.25) is 0 Å². The Hall–Kier alpha value is -3.81. The summed E-state index contributed by atoms with van der Waals surface area (Å²) < 4.78 is 56.9. The average Bonchev–Trinajstić information content (AvgIpc) is 2.84. The zero-order chi connectivity index (χ0) is 29.2. The summed E-state index contributed by atoms with van der Waals surface area (Å²) in [4.78, 5) is 14.7. The van der Waals surface area contributed by atoms with E-state index >= 15 is 13.2 Å².